The van der Waals surface area contributed by atoms with Crippen molar-refractivity contribution in [2.75, 3.05) is 6.61 Å². The number of rotatable bonds is 10. The van der Waals surface area contributed by atoms with Gasteiger partial charge in [0.1, 0.15) is 15.8 Å². The van der Waals surface area contributed by atoms with E-state index in [2.05, 4.69) is 48.3 Å². The van der Waals surface area contributed by atoms with E-state index in [1.807, 2.05) is 0 Å². The number of hydrogen-bond acceptors (Lipinski definition) is 4. The monoisotopic (exact) mass is 386 g/mol. The average Bonchev–Trinajstić information content (AvgIpc) is 3.19. The molecule has 0 spiro atoms. The van der Waals surface area contributed by atoms with Gasteiger partial charge in [-0.25, -0.2) is 0 Å². The molecular formula is C23H34N2OS. The second kappa shape index (κ2) is 10.8. The highest BCUT2D eigenvalue weighted by Crippen LogP contribution is 2.39. The molecule has 0 saturated heterocycles. The van der Waals surface area contributed by atoms with Gasteiger partial charge in [-0.1, -0.05) is 57.3 Å². The van der Waals surface area contributed by atoms with Crippen LogP contribution < -0.4 is 4.74 Å². The zero-order chi connectivity index (χ0) is 18.9. The maximum absolute atomic E-state index is 5.84. The molecule has 3 nitrogen and oxygen atoms in total. The Bertz CT molecular complexity index is 659. The van der Waals surface area contributed by atoms with Crippen molar-refractivity contribution in [2.24, 2.45) is 5.92 Å². The van der Waals surface area contributed by atoms with Gasteiger partial charge in [-0.05, 0) is 62.3 Å². The fraction of sp³-hybridized carbons (Fsp3) is 0.652. The van der Waals surface area contributed by atoms with E-state index in [-0.39, 0.29) is 0 Å². The first-order valence-electron chi connectivity index (χ1n) is 10.9. The maximum Gasteiger partial charge on any atom is 0.147 e. The van der Waals surface area contributed by atoms with Crippen molar-refractivity contribution >= 4 is 11.3 Å². The van der Waals surface area contributed by atoms with Gasteiger partial charge in [-0.3, -0.25) is 0 Å². The molecule has 0 bridgehead atoms. The first-order chi connectivity index (χ1) is 13.3. The minimum absolute atomic E-state index is 0.620. The first-order valence-corrected chi connectivity index (χ1v) is 11.7. The molecule has 148 valence electrons. The topological polar surface area (TPSA) is 35.0 Å². The third kappa shape index (κ3) is 6.03. The summed E-state index contributed by atoms with van der Waals surface area (Å²) in [4.78, 5) is 0. The quantitative estimate of drug-likeness (QED) is 0.404. The summed E-state index contributed by atoms with van der Waals surface area (Å²) in [6, 6.07) is 8.35. The average molecular weight is 387 g/mol. The highest BCUT2D eigenvalue weighted by atomic mass is 32.1. The molecule has 0 amide bonds. The zero-order valence-electron chi connectivity index (χ0n) is 17.0. The number of hydrogen-bond donors (Lipinski definition) is 0. The number of ether oxygens (including phenoxy) is 1. The predicted octanol–water partition coefficient (Wildman–Crippen LogP) is 7.24. The minimum Gasteiger partial charge on any atom is -0.494 e. The molecule has 0 N–H and O–H groups in total. The Balaban J connectivity index is 1.51. The lowest BCUT2D eigenvalue weighted by atomic mass is 9.80. The molecule has 0 atom stereocenters. The lowest BCUT2D eigenvalue weighted by Gasteiger charge is -2.26. The highest BCUT2D eigenvalue weighted by Gasteiger charge is 2.24. The fourth-order valence-electron chi connectivity index (χ4n) is 4.04. The second-order valence-electron chi connectivity index (χ2n) is 7.89. The molecule has 27 heavy (non-hydrogen) atoms. The predicted molar refractivity (Wildman–Crippen MR) is 115 cm³/mol. The highest BCUT2D eigenvalue weighted by molar-refractivity contribution is 7.14. The standard InChI is InChI=1S/C23H34N2OS/c1-3-5-6-7-17-26-21-15-13-20(14-16-21)23-25-24-22(27-23)19-11-9-18(8-4-2)10-12-19/h13-16,18-19H,3-12,17H2,1-2H3. The molecule has 1 heterocycles. The summed E-state index contributed by atoms with van der Waals surface area (Å²) in [5.41, 5.74) is 1.15. The third-order valence-corrected chi connectivity index (χ3v) is 6.84. The van der Waals surface area contributed by atoms with Gasteiger partial charge in [0.05, 0.1) is 6.61 Å². The summed E-state index contributed by atoms with van der Waals surface area (Å²) >= 11 is 1.78. The summed E-state index contributed by atoms with van der Waals surface area (Å²) in [6.45, 7) is 5.34. The van der Waals surface area contributed by atoms with Gasteiger partial charge in [-0.15, -0.1) is 10.2 Å². The van der Waals surface area contributed by atoms with Crippen LogP contribution in [0.5, 0.6) is 5.75 Å². The van der Waals surface area contributed by atoms with Crippen molar-refractivity contribution in [2.45, 2.75) is 84.0 Å². The number of nitrogens with zero attached hydrogens (tertiary/aromatic N) is 2. The van der Waals surface area contributed by atoms with Gasteiger partial charge < -0.3 is 4.74 Å². The molecule has 1 aromatic carbocycles. The first kappa shape index (κ1) is 20.3. The molecule has 0 unspecified atom stereocenters. The number of benzene rings is 1. The van der Waals surface area contributed by atoms with E-state index in [4.69, 9.17) is 4.74 Å². The molecule has 3 rings (SSSR count). The van der Waals surface area contributed by atoms with Gasteiger partial charge in [-0.2, -0.15) is 0 Å². The van der Waals surface area contributed by atoms with Crippen LogP contribution in [-0.4, -0.2) is 16.8 Å². The van der Waals surface area contributed by atoms with Crippen molar-refractivity contribution in [3.05, 3.63) is 29.3 Å². The molecule has 1 aliphatic carbocycles. The van der Waals surface area contributed by atoms with Crippen LogP contribution in [0.15, 0.2) is 24.3 Å². The molecule has 1 aliphatic rings. The van der Waals surface area contributed by atoms with Crippen LogP contribution >= 0.6 is 11.3 Å². The van der Waals surface area contributed by atoms with E-state index in [1.165, 1.54) is 62.8 Å². The summed E-state index contributed by atoms with van der Waals surface area (Å²) < 4.78 is 5.84. The van der Waals surface area contributed by atoms with E-state index in [0.717, 1.165) is 35.3 Å². The van der Waals surface area contributed by atoms with E-state index >= 15 is 0 Å². The van der Waals surface area contributed by atoms with Gasteiger partial charge in [0.25, 0.3) is 0 Å². The van der Waals surface area contributed by atoms with Crippen LogP contribution in [0.2, 0.25) is 0 Å². The van der Waals surface area contributed by atoms with Crippen molar-refractivity contribution in [1.82, 2.24) is 10.2 Å². The Morgan fingerprint density at radius 2 is 1.70 bits per heavy atom. The Morgan fingerprint density at radius 3 is 2.41 bits per heavy atom. The van der Waals surface area contributed by atoms with Gasteiger partial charge in [0, 0.05) is 11.5 Å². The van der Waals surface area contributed by atoms with Crippen molar-refractivity contribution in [3.63, 3.8) is 0 Å². The van der Waals surface area contributed by atoms with Crippen LogP contribution in [0.3, 0.4) is 0 Å². The number of aromatic nitrogens is 2. The van der Waals surface area contributed by atoms with Gasteiger partial charge in [0.15, 0.2) is 0 Å². The molecule has 1 aromatic heterocycles. The summed E-state index contributed by atoms with van der Waals surface area (Å²) in [6.07, 6.45) is 12.9. The normalized spacial score (nSPS) is 19.9. The zero-order valence-corrected chi connectivity index (χ0v) is 17.8. The summed E-state index contributed by atoms with van der Waals surface area (Å²) in [5.74, 6) is 2.51. The lowest BCUT2D eigenvalue weighted by Crippen LogP contribution is -2.13. The van der Waals surface area contributed by atoms with Crippen LogP contribution in [0.1, 0.15) is 89.0 Å². The summed E-state index contributed by atoms with van der Waals surface area (Å²) in [5, 5.41) is 11.3. The molecule has 2 aromatic rings. The maximum atomic E-state index is 5.84. The van der Waals surface area contributed by atoms with E-state index in [0.29, 0.717) is 5.92 Å². The Labute approximate surface area is 168 Å². The Morgan fingerprint density at radius 1 is 0.926 bits per heavy atom. The lowest BCUT2D eigenvalue weighted by molar-refractivity contribution is 0.305. The third-order valence-electron chi connectivity index (χ3n) is 5.70. The molecule has 1 fully saturated rings. The molecule has 0 aliphatic heterocycles. The molecule has 4 heteroatoms. The SMILES string of the molecule is CCCCCCOc1ccc(-c2nnc(C3CCC(CCC)CC3)s2)cc1. The van der Waals surface area contributed by atoms with Gasteiger partial charge >= 0.3 is 0 Å². The van der Waals surface area contributed by atoms with E-state index < -0.39 is 0 Å². The van der Waals surface area contributed by atoms with Crippen LogP contribution in [0.25, 0.3) is 10.6 Å². The van der Waals surface area contributed by atoms with Crippen molar-refractivity contribution in [1.29, 1.82) is 0 Å². The smallest absolute Gasteiger partial charge is 0.147 e. The minimum atomic E-state index is 0.620. The second-order valence-corrected chi connectivity index (χ2v) is 8.89. The Hall–Kier alpha value is -1.42. The molecular weight excluding hydrogens is 352 g/mol. The molecule has 0 radical (unpaired) electrons. The van der Waals surface area contributed by atoms with Crippen LogP contribution in [0.4, 0.5) is 0 Å². The van der Waals surface area contributed by atoms with Crippen molar-refractivity contribution in [3.8, 4) is 16.3 Å². The van der Waals surface area contributed by atoms with Gasteiger partial charge in [0.2, 0.25) is 0 Å². The molecule has 1 saturated carbocycles. The van der Waals surface area contributed by atoms with Crippen molar-refractivity contribution < 1.29 is 4.74 Å². The fourth-order valence-corrected chi connectivity index (χ4v) is 5.05. The van der Waals surface area contributed by atoms with Crippen LogP contribution in [-0.2, 0) is 0 Å². The largest absolute Gasteiger partial charge is 0.494 e. The van der Waals surface area contributed by atoms with E-state index in [9.17, 15) is 0 Å². The summed E-state index contributed by atoms with van der Waals surface area (Å²) in [7, 11) is 0. The Kier molecular flexibility index (Phi) is 8.12. The number of unbranched alkanes of at least 4 members (excludes halogenated alkanes) is 3. The van der Waals surface area contributed by atoms with E-state index in [1.54, 1.807) is 11.3 Å². The van der Waals surface area contributed by atoms with Crippen LogP contribution in [0, 0.1) is 5.92 Å².